The molecule has 0 N–H and O–H groups in total. The Kier molecular flexibility index (Phi) is 13.6. The molecule has 0 heterocycles. The molecule has 1 nitrogen and oxygen atoms in total. The average molecular weight is 298 g/mol. The van der Waals surface area contributed by atoms with Gasteiger partial charge in [0.15, 0.2) is 0 Å². The molecule has 0 aliphatic rings. The van der Waals surface area contributed by atoms with Gasteiger partial charge >= 0.3 is 0 Å². The second kappa shape index (κ2) is 13.6. The molecule has 0 aromatic heterocycles. The topological polar surface area (TPSA) is 3.24 Å². The first-order valence-electron chi connectivity index (χ1n) is 9.83. The van der Waals surface area contributed by atoms with Crippen molar-refractivity contribution in [2.75, 3.05) is 13.1 Å². The first kappa shape index (κ1) is 21.0. The Morgan fingerprint density at radius 3 is 1.38 bits per heavy atom. The minimum atomic E-state index is 0.393. The van der Waals surface area contributed by atoms with Gasteiger partial charge in [-0.2, -0.15) is 0 Å². The molecule has 0 rings (SSSR count). The fourth-order valence-electron chi connectivity index (χ4n) is 3.30. The monoisotopic (exact) mass is 297 g/mol. The van der Waals surface area contributed by atoms with Gasteiger partial charge in [-0.1, -0.05) is 78.6 Å². The lowest BCUT2D eigenvalue weighted by atomic mass is 9.95. The summed E-state index contributed by atoms with van der Waals surface area (Å²) in [5.74, 6) is 0. The molecule has 0 aliphatic carbocycles. The summed E-state index contributed by atoms with van der Waals surface area (Å²) in [6.07, 6.45) is 16.6. The fourth-order valence-corrected chi connectivity index (χ4v) is 3.30. The quantitative estimate of drug-likeness (QED) is 0.300. The van der Waals surface area contributed by atoms with E-state index in [0.717, 1.165) is 0 Å². The van der Waals surface area contributed by atoms with Crippen molar-refractivity contribution in [3.05, 3.63) is 0 Å². The Labute approximate surface area is 135 Å². The number of hydrogen-bond acceptors (Lipinski definition) is 1. The molecule has 21 heavy (non-hydrogen) atoms. The van der Waals surface area contributed by atoms with E-state index in [4.69, 9.17) is 0 Å². The van der Waals surface area contributed by atoms with E-state index >= 15 is 0 Å². The molecule has 0 bridgehead atoms. The third-order valence-corrected chi connectivity index (χ3v) is 4.78. The van der Waals surface area contributed by atoms with Crippen molar-refractivity contribution in [3.63, 3.8) is 0 Å². The normalized spacial score (nSPS) is 12.3. The summed E-state index contributed by atoms with van der Waals surface area (Å²) in [6.45, 7) is 14.4. The maximum absolute atomic E-state index is 2.79. The Hall–Kier alpha value is -0.0400. The molecule has 0 saturated heterocycles. The summed E-state index contributed by atoms with van der Waals surface area (Å²) in [6, 6.07) is 0. The van der Waals surface area contributed by atoms with Gasteiger partial charge in [0.2, 0.25) is 0 Å². The second-order valence-corrected chi connectivity index (χ2v) is 7.38. The third kappa shape index (κ3) is 11.2. The van der Waals surface area contributed by atoms with Crippen molar-refractivity contribution >= 4 is 0 Å². The number of hydrogen-bond donors (Lipinski definition) is 0. The highest BCUT2D eigenvalue weighted by molar-refractivity contribution is 4.81. The van der Waals surface area contributed by atoms with Crippen LogP contribution in [0.3, 0.4) is 0 Å². The summed E-state index contributed by atoms with van der Waals surface area (Å²) in [5.41, 5.74) is 0.393. The van der Waals surface area contributed by atoms with Crippen LogP contribution >= 0.6 is 0 Å². The van der Waals surface area contributed by atoms with E-state index < -0.39 is 0 Å². The van der Waals surface area contributed by atoms with Gasteiger partial charge in [0.25, 0.3) is 0 Å². The molecule has 0 saturated carbocycles. The Balaban J connectivity index is 4.09. The SMILES string of the molecule is CCCCCCCN(CCCCCCC)C(C)(C)CCC. The van der Waals surface area contributed by atoms with Crippen LogP contribution in [-0.4, -0.2) is 23.5 Å². The molecule has 0 aliphatic heterocycles. The molecule has 0 amide bonds. The van der Waals surface area contributed by atoms with E-state index in [1.807, 2.05) is 0 Å². The zero-order valence-corrected chi connectivity index (χ0v) is 15.8. The van der Waals surface area contributed by atoms with Crippen molar-refractivity contribution in [3.8, 4) is 0 Å². The van der Waals surface area contributed by atoms with Crippen molar-refractivity contribution in [1.29, 1.82) is 0 Å². The first-order valence-corrected chi connectivity index (χ1v) is 9.83. The maximum Gasteiger partial charge on any atom is 0.0153 e. The van der Waals surface area contributed by atoms with Crippen molar-refractivity contribution in [2.45, 2.75) is 117 Å². The smallest absolute Gasteiger partial charge is 0.0153 e. The van der Waals surface area contributed by atoms with Gasteiger partial charge in [0.1, 0.15) is 0 Å². The number of rotatable bonds is 15. The van der Waals surface area contributed by atoms with Crippen LogP contribution in [0, 0.1) is 0 Å². The molecule has 0 fully saturated rings. The maximum atomic E-state index is 2.79. The molecule has 0 aromatic carbocycles. The summed E-state index contributed by atoms with van der Waals surface area (Å²) >= 11 is 0. The van der Waals surface area contributed by atoms with Crippen LogP contribution in [0.4, 0.5) is 0 Å². The predicted molar refractivity (Wildman–Crippen MR) is 98.1 cm³/mol. The van der Waals surface area contributed by atoms with Crippen molar-refractivity contribution in [2.24, 2.45) is 0 Å². The Bertz CT molecular complexity index is 196. The molecule has 0 radical (unpaired) electrons. The van der Waals surface area contributed by atoms with E-state index in [-0.39, 0.29) is 0 Å². The summed E-state index contributed by atoms with van der Waals surface area (Å²) in [7, 11) is 0. The van der Waals surface area contributed by atoms with Crippen LogP contribution < -0.4 is 0 Å². The lowest BCUT2D eigenvalue weighted by molar-refractivity contribution is 0.105. The molecule has 1 heteroatoms. The predicted octanol–water partition coefficient (Wildman–Crippen LogP) is 6.81. The number of unbranched alkanes of at least 4 members (excludes halogenated alkanes) is 8. The highest BCUT2D eigenvalue weighted by Gasteiger charge is 2.24. The molecular weight excluding hydrogens is 254 g/mol. The van der Waals surface area contributed by atoms with Crippen LogP contribution in [0.5, 0.6) is 0 Å². The molecule has 0 unspecified atom stereocenters. The third-order valence-electron chi connectivity index (χ3n) is 4.78. The largest absolute Gasteiger partial charge is 0.298 e. The van der Waals surface area contributed by atoms with Crippen molar-refractivity contribution < 1.29 is 0 Å². The van der Waals surface area contributed by atoms with E-state index in [1.54, 1.807) is 0 Å². The van der Waals surface area contributed by atoms with Gasteiger partial charge in [-0.25, -0.2) is 0 Å². The minimum absolute atomic E-state index is 0.393. The van der Waals surface area contributed by atoms with Crippen LogP contribution in [0.2, 0.25) is 0 Å². The standard InChI is InChI=1S/C20H43N/c1-6-9-11-13-15-18-21(20(4,5)17-8-3)19-16-14-12-10-7-2/h6-19H2,1-5H3. The zero-order chi connectivity index (χ0) is 16.0. The highest BCUT2D eigenvalue weighted by atomic mass is 15.2. The molecular formula is C20H43N. The van der Waals surface area contributed by atoms with Crippen LogP contribution in [0.1, 0.15) is 112 Å². The minimum Gasteiger partial charge on any atom is -0.298 e. The van der Waals surface area contributed by atoms with Gasteiger partial charge in [-0.05, 0) is 46.2 Å². The van der Waals surface area contributed by atoms with Gasteiger partial charge < -0.3 is 0 Å². The Morgan fingerprint density at radius 2 is 1.00 bits per heavy atom. The summed E-state index contributed by atoms with van der Waals surface area (Å²) in [4.78, 5) is 2.79. The van der Waals surface area contributed by atoms with Crippen molar-refractivity contribution in [1.82, 2.24) is 4.90 Å². The average Bonchev–Trinajstić information content (AvgIpc) is 2.44. The summed E-state index contributed by atoms with van der Waals surface area (Å²) < 4.78 is 0. The fraction of sp³-hybridized carbons (Fsp3) is 1.00. The molecule has 0 atom stereocenters. The van der Waals surface area contributed by atoms with E-state index in [2.05, 4.69) is 39.5 Å². The Morgan fingerprint density at radius 1 is 0.571 bits per heavy atom. The van der Waals surface area contributed by atoms with E-state index in [0.29, 0.717) is 5.54 Å². The van der Waals surface area contributed by atoms with Gasteiger partial charge in [-0.3, -0.25) is 4.90 Å². The van der Waals surface area contributed by atoms with Crippen LogP contribution in [0.15, 0.2) is 0 Å². The zero-order valence-electron chi connectivity index (χ0n) is 15.8. The molecule has 128 valence electrons. The van der Waals surface area contributed by atoms with Crippen LogP contribution in [-0.2, 0) is 0 Å². The van der Waals surface area contributed by atoms with Gasteiger partial charge in [-0.15, -0.1) is 0 Å². The summed E-state index contributed by atoms with van der Waals surface area (Å²) in [5, 5.41) is 0. The molecule has 0 spiro atoms. The first-order chi connectivity index (χ1) is 10.1. The van der Waals surface area contributed by atoms with E-state index in [1.165, 1.54) is 90.1 Å². The van der Waals surface area contributed by atoms with Crippen LogP contribution in [0.25, 0.3) is 0 Å². The number of nitrogens with zero attached hydrogens (tertiary/aromatic N) is 1. The second-order valence-electron chi connectivity index (χ2n) is 7.38. The van der Waals surface area contributed by atoms with E-state index in [9.17, 15) is 0 Å². The highest BCUT2D eigenvalue weighted by Crippen LogP contribution is 2.22. The lowest BCUT2D eigenvalue weighted by Gasteiger charge is -2.39. The molecule has 0 aromatic rings. The van der Waals surface area contributed by atoms with Gasteiger partial charge in [0, 0.05) is 5.54 Å². The lowest BCUT2D eigenvalue weighted by Crippen LogP contribution is -2.45. The van der Waals surface area contributed by atoms with Gasteiger partial charge in [0.05, 0.1) is 0 Å².